The minimum atomic E-state index is -2.93. The van der Waals surface area contributed by atoms with Gasteiger partial charge in [-0.25, -0.2) is 5.32 Å². The van der Waals surface area contributed by atoms with Crippen LogP contribution in [-0.4, -0.2) is 59.9 Å². The first-order valence-electron chi connectivity index (χ1n) is 4.53. The van der Waals surface area contributed by atoms with Crippen LogP contribution in [0, 0.1) is 0 Å². The van der Waals surface area contributed by atoms with Crippen LogP contribution in [0.1, 0.15) is 0 Å². The van der Waals surface area contributed by atoms with Gasteiger partial charge in [0.25, 0.3) is 0 Å². The van der Waals surface area contributed by atoms with Crippen molar-refractivity contribution in [3.63, 3.8) is 0 Å². The second kappa shape index (κ2) is 6.77. The van der Waals surface area contributed by atoms with Gasteiger partial charge in [0.05, 0.1) is 0 Å². The van der Waals surface area contributed by atoms with Crippen LogP contribution in [0.3, 0.4) is 0 Å². The second-order valence-electron chi connectivity index (χ2n) is 3.01. The van der Waals surface area contributed by atoms with Gasteiger partial charge in [-0.05, 0) is 0 Å². The van der Waals surface area contributed by atoms with Gasteiger partial charge < -0.3 is 5.32 Å². The van der Waals surface area contributed by atoms with Crippen molar-refractivity contribution in [3.05, 3.63) is 0 Å². The van der Waals surface area contributed by atoms with Crippen molar-refractivity contribution < 1.29 is 25.3 Å². The van der Waals surface area contributed by atoms with E-state index in [0.29, 0.717) is 0 Å². The first-order chi connectivity index (χ1) is 8.43. The lowest BCUT2D eigenvalue weighted by Crippen LogP contribution is -2.44. The van der Waals surface area contributed by atoms with E-state index < -0.39 is 40.9 Å². The van der Waals surface area contributed by atoms with Crippen LogP contribution >= 0.6 is 0 Å². The number of hydrogen-bond donors (Lipinski definition) is 3. The Bertz CT molecular complexity index is 718. The molecule has 0 atom stereocenters. The zero-order valence-electron chi connectivity index (χ0n) is 8.80. The standard InChI is InChI=1S/C6H9N3O6S3/c10-16(11)4-3-7-1-2-8-5(17(12)13)6(9-4)18(14)15/h7-9H,1-3H2. The van der Waals surface area contributed by atoms with Gasteiger partial charge in [0.15, 0.2) is 9.98 Å². The van der Waals surface area contributed by atoms with Crippen molar-refractivity contribution in [3.8, 4) is 0 Å². The van der Waals surface area contributed by atoms with Gasteiger partial charge in [-0.15, -0.1) is 0 Å². The van der Waals surface area contributed by atoms with Crippen LogP contribution in [0.4, 0.5) is 0 Å². The monoisotopic (exact) mass is 315 g/mol. The third kappa shape index (κ3) is 4.01. The zero-order valence-corrected chi connectivity index (χ0v) is 11.2. The molecule has 0 aliphatic carbocycles. The molecule has 1 heterocycles. The minimum Gasteiger partial charge on any atom is -0.309 e. The van der Waals surface area contributed by atoms with Gasteiger partial charge in [-0.2, -0.15) is 25.3 Å². The van der Waals surface area contributed by atoms with Crippen molar-refractivity contribution in [1.82, 2.24) is 16.0 Å². The molecule has 0 amide bonds. The summed E-state index contributed by atoms with van der Waals surface area (Å²) in [6.07, 6.45) is 0. The molecule has 1 saturated heterocycles. The Morgan fingerprint density at radius 1 is 0.778 bits per heavy atom. The minimum absolute atomic E-state index is 0.128. The summed E-state index contributed by atoms with van der Waals surface area (Å²) in [5.74, 6) is 0. The highest BCUT2D eigenvalue weighted by molar-refractivity contribution is 7.82. The molecule has 12 heteroatoms. The van der Waals surface area contributed by atoms with Crippen LogP contribution in [0.15, 0.2) is 0 Å². The first-order valence-corrected chi connectivity index (χ1v) is 7.75. The summed E-state index contributed by atoms with van der Waals surface area (Å²) in [7, 11) is -8.45. The molecule has 0 bridgehead atoms. The fourth-order valence-electron chi connectivity index (χ4n) is 1.13. The van der Waals surface area contributed by atoms with E-state index in [1.54, 1.807) is 0 Å². The third-order valence-corrected chi connectivity index (χ3v) is 3.97. The number of hydrogen-bond acceptors (Lipinski definition) is 7. The van der Waals surface area contributed by atoms with Crippen molar-refractivity contribution in [2.45, 2.75) is 0 Å². The zero-order chi connectivity index (χ0) is 13.7. The molecular formula is C6H9N3O6S3. The average Bonchev–Trinajstić information content (AvgIpc) is 2.37. The molecule has 0 saturated carbocycles. The van der Waals surface area contributed by atoms with E-state index >= 15 is 0 Å². The van der Waals surface area contributed by atoms with E-state index in [1.807, 2.05) is 0 Å². The topological polar surface area (TPSA) is 139 Å². The summed E-state index contributed by atoms with van der Waals surface area (Å²) in [6.45, 7) is 0.267. The van der Waals surface area contributed by atoms with Crippen molar-refractivity contribution >= 4 is 45.8 Å². The average molecular weight is 315 g/mol. The molecule has 1 fully saturated rings. The molecule has 3 N–H and O–H groups in total. The molecule has 9 nitrogen and oxygen atoms in total. The quantitative estimate of drug-likeness (QED) is 0.380. The van der Waals surface area contributed by atoms with E-state index in [4.69, 9.17) is 0 Å². The lowest BCUT2D eigenvalue weighted by molar-refractivity contribution is 0.624. The molecule has 102 valence electrons. The van der Waals surface area contributed by atoms with Crippen molar-refractivity contribution in [1.29, 1.82) is 0 Å². The molecule has 0 aromatic rings. The number of rotatable bonds is 0. The lowest BCUT2D eigenvalue weighted by atomic mass is 10.5. The molecule has 0 unspecified atom stereocenters. The summed E-state index contributed by atoms with van der Waals surface area (Å²) in [6, 6.07) is 0. The smallest absolute Gasteiger partial charge is 0.235 e. The van der Waals surface area contributed by atoms with E-state index in [-0.39, 0.29) is 24.6 Å². The fraction of sp³-hybridized carbons (Fsp3) is 0.500. The SMILES string of the molecule is O=S(=O)=C1CNCCNC(=S(=O)=O)C(=S(=O)=O)N1. The Kier molecular flexibility index (Phi) is 5.64. The van der Waals surface area contributed by atoms with Gasteiger partial charge in [0.1, 0.15) is 4.99 Å². The van der Waals surface area contributed by atoms with E-state index in [2.05, 4.69) is 16.0 Å². The van der Waals surface area contributed by atoms with Gasteiger partial charge in [0, 0.05) is 19.6 Å². The van der Waals surface area contributed by atoms with Crippen LogP contribution in [-0.2, 0) is 30.9 Å². The molecule has 1 aliphatic heterocycles. The molecule has 18 heavy (non-hydrogen) atoms. The first kappa shape index (κ1) is 15.0. The third-order valence-electron chi connectivity index (χ3n) is 1.87. The maximum atomic E-state index is 10.9. The van der Waals surface area contributed by atoms with E-state index in [1.165, 1.54) is 0 Å². The normalized spacial score (nSPS) is 17.7. The molecule has 0 aromatic heterocycles. The summed E-state index contributed by atoms with van der Waals surface area (Å²) >= 11 is 0. The Labute approximate surface area is 107 Å². The van der Waals surface area contributed by atoms with Gasteiger partial charge in [-0.3, -0.25) is 5.32 Å². The van der Waals surface area contributed by atoms with Gasteiger partial charge in [-0.1, -0.05) is 0 Å². The molecular weight excluding hydrogens is 306 g/mol. The van der Waals surface area contributed by atoms with E-state index in [0.717, 1.165) is 0 Å². The van der Waals surface area contributed by atoms with Crippen molar-refractivity contribution in [2.75, 3.05) is 19.6 Å². The molecule has 0 spiro atoms. The lowest BCUT2D eigenvalue weighted by Gasteiger charge is -2.03. The Morgan fingerprint density at radius 2 is 1.39 bits per heavy atom. The highest BCUT2D eigenvalue weighted by atomic mass is 32.2. The fourth-order valence-corrected chi connectivity index (χ4v) is 2.86. The maximum Gasteiger partial charge on any atom is 0.235 e. The van der Waals surface area contributed by atoms with Crippen molar-refractivity contribution in [2.24, 2.45) is 0 Å². The molecule has 1 rings (SSSR count). The predicted molar refractivity (Wildman–Crippen MR) is 65.8 cm³/mol. The second-order valence-corrected chi connectivity index (χ2v) is 5.73. The summed E-state index contributed by atoms with van der Waals surface area (Å²) in [5.41, 5.74) is 0. The van der Waals surface area contributed by atoms with E-state index in [9.17, 15) is 25.3 Å². The highest BCUT2D eigenvalue weighted by Gasteiger charge is 2.17. The Morgan fingerprint density at radius 3 is 1.89 bits per heavy atom. The predicted octanol–water partition coefficient (Wildman–Crippen LogP) is -4.20. The van der Waals surface area contributed by atoms with Crippen LogP contribution in [0.5, 0.6) is 0 Å². The molecule has 1 aliphatic rings. The maximum absolute atomic E-state index is 10.9. The Hall–Kier alpha value is -1.05. The number of nitrogens with one attached hydrogen (secondary N) is 3. The summed E-state index contributed by atoms with van der Waals surface area (Å²) < 4.78 is 65.4. The summed E-state index contributed by atoms with van der Waals surface area (Å²) in [5, 5.41) is 7.16. The van der Waals surface area contributed by atoms with Crippen LogP contribution in [0.25, 0.3) is 0 Å². The molecule has 0 radical (unpaired) electrons. The van der Waals surface area contributed by atoms with Crippen LogP contribution < -0.4 is 16.0 Å². The highest BCUT2D eigenvalue weighted by Crippen LogP contribution is 1.80. The van der Waals surface area contributed by atoms with Gasteiger partial charge in [0.2, 0.25) is 30.9 Å². The molecule has 0 aromatic carbocycles. The largest absolute Gasteiger partial charge is 0.309 e. The Balaban J connectivity index is 3.49. The summed E-state index contributed by atoms with van der Waals surface area (Å²) in [4.78, 5) is -1.69. The van der Waals surface area contributed by atoms with Gasteiger partial charge >= 0.3 is 0 Å². The van der Waals surface area contributed by atoms with Crippen LogP contribution in [0.2, 0.25) is 0 Å².